The van der Waals surface area contributed by atoms with Crippen LogP contribution in [0.15, 0.2) is 30.5 Å². The van der Waals surface area contributed by atoms with E-state index in [2.05, 4.69) is 21.0 Å². The highest BCUT2D eigenvalue weighted by atomic mass is 16.5. The molecule has 2 aromatic rings. The zero-order valence-corrected chi connectivity index (χ0v) is 12.7. The first kappa shape index (κ1) is 14.1. The van der Waals surface area contributed by atoms with Crippen molar-refractivity contribution in [1.82, 2.24) is 19.7 Å². The Morgan fingerprint density at radius 2 is 2.05 bits per heavy atom. The van der Waals surface area contributed by atoms with Gasteiger partial charge in [0.15, 0.2) is 0 Å². The quantitative estimate of drug-likeness (QED) is 0.864. The molecule has 0 N–H and O–H groups in total. The largest absolute Gasteiger partial charge is 0.474 e. The van der Waals surface area contributed by atoms with Gasteiger partial charge >= 0.3 is 0 Å². The number of piperidine rings is 1. The van der Waals surface area contributed by atoms with Gasteiger partial charge in [0.05, 0.1) is 5.69 Å². The van der Waals surface area contributed by atoms with E-state index in [1.54, 1.807) is 0 Å². The van der Waals surface area contributed by atoms with Crippen molar-refractivity contribution in [3.63, 3.8) is 0 Å². The van der Waals surface area contributed by atoms with Crippen molar-refractivity contribution in [2.75, 3.05) is 13.1 Å². The molecular weight excluding hydrogens is 264 g/mol. The van der Waals surface area contributed by atoms with Crippen LogP contribution >= 0.6 is 0 Å². The maximum atomic E-state index is 5.99. The Hall–Kier alpha value is -1.88. The van der Waals surface area contributed by atoms with Gasteiger partial charge in [-0.05, 0) is 31.9 Å². The minimum absolute atomic E-state index is 0.280. The highest BCUT2D eigenvalue weighted by Gasteiger charge is 2.21. The smallest absolute Gasteiger partial charge is 0.213 e. The lowest BCUT2D eigenvalue weighted by Gasteiger charge is -2.31. The Morgan fingerprint density at radius 1 is 1.24 bits per heavy atom. The molecule has 1 saturated heterocycles. The molecule has 112 valence electrons. The molecule has 0 unspecified atom stereocenters. The standard InChI is InChI=1S/C16H22N4O/c1-13-4-3-5-16(18-13)21-15-7-10-20(11-8-15)12-14-6-9-17-19(14)2/h3-6,9,15H,7-8,10-12H2,1-2H3. The molecule has 0 aliphatic carbocycles. The van der Waals surface area contributed by atoms with E-state index in [0.717, 1.165) is 44.0 Å². The Balaban J connectivity index is 1.50. The first-order valence-corrected chi connectivity index (χ1v) is 7.50. The van der Waals surface area contributed by atoms with Crippen LogP contribution in [0.2, 0.25) is 0 Å². The lowest BCUT2D eigenvalue weighted by atomic mass is 10.1. The molecule has 21 heavy (non-hydrogen) atoms. The van der Waals surface area contributed by atoms with E-state index >= 15 is 0 Å². The van der Waals surface area contributed by atoms with Gasteiger partial charge in [0, 0.05) is 44.6 Å². The lowest BCUT2D eigenvalue weighted by Crippen LogP contribution is -2.38. The van der Waals surface area contributed by atoms with Gasteiger partial charge in [-0.25, -0.2) is 4.98 Å². The molecule has 0 saturated carbocycles. The fraction of sp³-hybridized carbons (Fsp3) is 0.500. The fourth-order valence-corrected chi connectivity index (χ4v) is 2.73. The monoisotopic (exact) mass is 286 g/mol. The predicted molar refractivity (Wildman–Crippen MR) is 81.1 cm³/mol. The molecule has 2 aromatic heterocycles. The Kier molecular flexibility index (Phi) is 4.20. The molecule has 1 aliphatic heterocycles. The van der Waals surface area contributed by atoms with Crippen LogP contribution in [-0.4, -0.2) is 38.9 Å². The normalized spacial score (nSPS) is 17.0. The second kappa shape index (κ2) is 6.26. The topological polar surface area (TPSA) is 43.2 Å². The summed E-state index contributed by atoms with van der Waals surface area (Å²) in [6, 6.07) is 8.01. The predicted octanol–water partition coefficient (Wildman–Crippen LogP) is 2.17. The summed E-state index contributed by atoms with van der Waals surface area (Å²) in [6.07, 6.45) is 4.23. The number of aryl methyl sites for hydroxylation is 2. The minimum atomic E-state index is 0.280. The van der Waals surface area contributed by atoms with Gasteiger partial charge in [0.2, 0.25) is 5.88 Å². The van der Waals surface area contributed by atoms with Gasteiger partial charge in [-0.1, -0.05) is 6.07 Å². The summed E-state index contributed by atoms with van der Waals surface area (Å²) in [4.78, 5) is 6.87. The lowest BCUT2D eigenvalue weighted by molar-refractivity contribution is 0.0918. The third-order valence-corrected chi connectivity index (χ3v) is 3.99. The van der Waals surface area contributed by atoms with Gasteiger partial charge in [-0.3, -0.25) is 9.58 Å². The second-order valence-corrected chi connectivity index (χ2v) is 5.66. The van der Waals surface area contributed by atoms with E-state index < -0.39 is 0 Å². The van der Waals surface area contributed by atoms with Crippen molar-refractivity contribution in [3.8, 4) is 5.88 Å². The number of ether oxygens (including phenoxy) is 1. The van der Waals surface area contributed by atoms with Crippen molar-refractivity contribution < 1.29 is 4.74 Å². The number of pyridine rings is 1. The molecule has 0 atom stereocenters. The summed E-state index contributed by atoms with van der Waals surface area (Å²) in [5.41, 5.74) is 2.26. The Morgan fingerprint density at radius 3 is 2.71 bits per heavy atom. The minimum Gasteiger partial charge on any atom is -0.474 e. The van der Waals surface area contributed by atoms with Gasteiger partial charge in [-0.2, -0.15) is 5.10 Å². The average Bonchev–Trinajstić information content (AvgIpc) is 2.87. The van der Waals surface area contributed by atoms with Crippen LogP contribution in [0.25, 0.3) is 0 Å². The van der Waals surface area contributed by atoms with Crippen LogP contribution in [0, 0.1) is 6.92 Å². The van der Waals surface area contributed by atoms with Crippen LogP contribution < -0.4 is 4.74 Å². The number of hydrogen-bond acceptors (Lipinski definition) is 4. The third kappa shape index (κ3) is 3.61. The summed E-state index contributed by atoms with van der Waals surface area (Å²) < 4.78 is 7.93. The molecule has 1 fully saturated rings. The molecule has 1 aliphatic rings. The zero-order chi connectivity index (χ0) is 14.7. The number of nitrogens with zero attached hydrogens (tertiary/aromatic N) is 4. The molecule has 0 amide bonds. The van der Waals surface area contributed by atoms with E-state index in [1.165, 1.54) is 5.69 Å². The maximum Gasteiger partial charge on any atom is 0.213 e. The summed E-state index contributed by atoms with van der Waals surface area (Å²) in [7, 11) is 1.99. The van der Waals surface area contributed by atoms with Crippen LogP contribution in [0.5, 0.6) is 5.88 Å². The van der Waals surface area contributed by atoms with Gasteiger partial charge in [0.25, 0.3) is 0 Å². The summed E-state index contributed by atoms with van der Waals surface area (Å²) in [5, 5.41) is 4.22. The first-order valence-electron chi connectivity index (χ1n) is 7.50. The van der Waals surface area contributed by atoms with E-state index in [0.29, 0.717) is 0 Å². The highest BCUT2D eigenvalue weighted by Crippen LogP contribution is 2.18. The maximum absolute atomic E-state index is 5.99. The average molecular weight is 286 g/mol. The molecular formula is C16H22N4O. The number of likely N-dealkylation sites (tertiary alicyclic amines) is 1. The van der Waals surface area contributed by atoms with E-state index in [1.807, 2.05) is 43.0 Å². The molecule has 3 rings (SSSR count). The van der Waals surface area contributed by atoms with Crippen molar-refractivity contribution >= 4 is 0 Å². The van der Waals surface area contributed by atoms with Crippen LogP contribution in [-0.2, 0) is 13.6 Å². The SMILES string of the molecule is Cc1cccc(OC2CCN(Cc3ccnn3C)CC2)n1. The van der Waals surface area contributed by atoms with Gasteiger partial charge in [0.1, 0.15) is 6.10 Å². The Bertz CT molecular complexity index is 587. The van der Waals surface area contributed by atoms with Crippen molar-refractivity contribution in [2.45, 2.75) is 32.4 Å². The molecule has 0 radical (unpaired) electrons. The summed E-state index contributed by atoms with van der Waals surface area (Å²) >= 11 is 0. The molecule has 0 aromatic carbocycles. The van der Waals surface area contributed by atoms with Crippen molar-refractivity contribution in [1.29, 1.82) is 0 Å². The molecule has 5 heteroatoms. The number of aromatic nitrogens is 3. The van der Waals surface area contributed by atoms with Crippen LogP contribution in [0.1, 0.15) is 24.2 Å². The summed E-state index contributed by atoms with van der Waals surface area (Å²) in [6.45, 7) is 5.07. The Labute approximate surface area is 125 Å². The van der Waals surface area contributed by atoms with E-state index in [4.69, 9.17) is 4.74 Å². The molecule has 0 spiro atoms. The fourth-order valence-electron chi connectivity index (χ4n) is 2.73. The second-order valence-electron chi connectivity index (χ2n) is 5.66. The van der Waals surface area contributed by atoms with Crippen LogP contribution in [0.3, 0.4) is 0 Å². The van der Waals surface area contributed by atoms with Gasteiger partial charge < -0.3 is 4.74 Å². The van der Waals surface area contributed by atoms with Crippen molar-refractivity contribution in [3.05, 3.63) is 41.9 Å². The highest BCUT2D eigenvalue weighted by molar-refractivity contribution is 5.15. The summed E-state index contributed by atoms with van der Waals surface area (Å²) in [5.74, 6) is 0.750. The zero-order valence-electron chi connectivity index (χ0n) is 12.7. The third-order valence-electron chi connectivity index (χ3n) is 3.99. The first-order chi connectivity index (χ1) is 10.2. The van der Waals surface area contributed by atoms with Gasteiger partial charge in [-0.15, -0.1) is 0 Å². The molecule has 5 nitrogen and oxygen atoms in total. The van der Waals surface area contributed by atoms with E-state index in [-0.39, 0.29) is 6.10 Å². The molecule has 3 heterocycles. The van der Waals surface area contributed by atoms with E-state index in [9.17, 15) is 0 Å². The van der Waals surface area contributed by atoms with Crippen LogP contribution in [0.4, 0.5) is 0 Å². The number of hydrogen-bond donors (Lipinski definition) is 0. The molecule has 0 bridgehead atoms. The van der Waals surface area contributed by atoms with Crippen molar-refractivity contribution in [2.24, 2.45) is 7.05 Å². The number of rotatable bonds is 4.